The summed E-state index contributed by atoms with van der Waals surface area (Å²) >= 11 is 12.1. The molecular formula is C33H24Cl2N2O5. The topological polar surface area (TPSA) is 104 Å². The van der Waals surface area contributed by atoms with E-state index in [2.05, 4.69) is 6.07 Å². The van der Waals surface area contributed by atoms with Gasteiger partial charge in [0.25, 0.3) is 0 Å². The van der Waals surface area contributed by atoms with E-state index in [1.165, 1.54) is 12.2 Å². The first-order chi connectivity index (χ1) is 20.4. The van der Waals surface area contributed by atoms with Gasteiger partial charge in [-0.1, -0.05) is 71.7 Å². The van der Waals surface area contributed by atoms with E-state index in [4.69, 9.17) is 47.9 Å². The van der Waals surface area contributed by atoms with Gasteiger partial charge in [-0.3, -0.25) is 0 Å². The van der Waals surface area contributed by atoms with Gasteiger partial charge in [0.15, 0.2) is 11.5 Å². The summed E-state index contributed by atoms with van der Waals surface area (Å²) in [5.74, 6) is 0.445. The van der Waals surface area contributed by atoms with Crippen molar-refractivity contribution in [1.29, 1.82) is 5.26 Å². The van der Waals surface area contributed by atoms with Gasteiger partial charge in [0.2, 0.25) is 5.88 Å². The van der Waals surface area contributed by atoms with Crippen LogP contribution >= 0.6 is 23.2 Å². The van der Waals surface area contributed by atoms with E-state index in [9.17, 15) is 10.1 Å². The predicted octanol–water partition coefficient (Wildman–Crippen LogP) is 7.42. The Kier molecular flexibility index (Phi) is 8.68. The highest BCUT2D eigenvalue weighted by Crippen LogP contribution is 2.45. The molecule has 0 spiro atoms. The number of hydrogen-bond donors (Lipinski definition) is 1. The monoisotopic (exact) mass is 598 g/mol. The predicted molar refractivity (Wildman–Crippen MR) is 161 cm³/mol. The third-order valence-corrected chi connectivity index (χ3v) is 7.09. The van der Waals surface area contributed by atoms with Crippen LogP contribution in [0.4, 0.5) is 0 Å². The highest BCUT2D eigenvalue weighted by molar-refractivity contribution is 6.35. The molecule has 1 aliphatic heterocycles. The smallest absolute Gasteiger partial charge is 0.336 e. The first kappa shape index (κ1) is 28.6. The highest BCUT2D eigenvalue weighted by atomic mass is 35.5. The van der Waals surface area contributed by atoms with Gasteiger partial charge < -0.3 is 24.7 Å². The van der Waals surface area contributed by atoms with E-state index in [0.717, 1.165) is 11.1 Å². The molecule has 0 saturated heterocycles. The van der Waals surface area contributed by atoms with Crippen molar-refractivity contribution < 1.29 is 23.7 Å². The molecule has 4 aromatic rings. The number of ether oxygens (including phenoxy) is 4. The zero-order chi connectivity index (χ0) is 29.6. The zero-order valence-electron chi connectivity index (χ0n) is 22.3. The van der Waals surface area contributed by atoms with Crippen molar-refractivity contribution in [3.8, 4) is 29.1 Å². The van der Waals surface area contributed by atoms with E-state index in [-0.39, 0.29) is 17.2 Å². The fourth-order valence-corrected chi connectivity index (χ4v) is 4.98. The van der Waals surface area contributed by atoms with E-state index in [1.54, 1.807) is 49.6 Å². The Balaban J connectivity index is 1.39. The lowest BCUT2D eigenvalue weighted by molar-refractivity contribution is -0.128. The average molecular weight is 599 g/mol. The maximum absolute atomic E-state index is 12.5. The molecule has 1 unspecified atom stereocenters. The molecule has 5 rings (SSSR count). The van der Waals surface area contributed by atoms with Gasteiger partial charge in [0.05, 0.1) is 13.0 Å². The van der Waals surface area contributed by atoms with Gasteiger partial charge in [-0.05, 0) is 53.1 Å². The summed E-state index contributed by atoms with van der Waals surface area (Å²) in [6.45, 7) is 0.371. The molecule has 0 aromatic heterocycles. The first-order valence-electron chi connectivity index (χ1n) is 12.8. The molecule has 7 nitrogen and oxygen atoms in total. The third kappa shape index (κ3) is 6.36. The quantitative estimate of drug-likeness (QED) is 0.128. The van der Waals surface area contributed by atoms with Crippen LogP contribution in [0, 0.1) is 11.3 Å². The second-order valence-corrected chi connectivity index (χ2v) is 10.1. The van der Waals surface area contributed by atoms with Crippen molar-refractivity contribution in [3.05, 3.63) is 135 Å². The van der Waals surface area contributed by atoms with E-state index >= 15 is 0 Å². The van der Waals surface area contributed by atoms with Crippen molar-refractivity contribution >= 4 is 35.2 Å². The van der Waals surface area contributed by atoms with E-state index in [1.807, 2.05) is 42.5 Å². The van der Waals surface area contributed by atoms with Crippen LogP contribution in [-0.4, -0.2) is 13.1 Å². The Morgan fingerprint density at radius 3 is 2.57 bits per heavy atom. The summed E-state index contributed by atoms with van der Waals surface area (Å²) in [5, 5.41) is 10.9. The summed E-state index contributed by atoms with van der Waals surface area (Å²) in [7, 11) is 1.55. The molecule has 9 heteroatoms. The number of rotatable bonds is 8. The lowest BCUT2D eigenvalue weighted by Crippen LogP contribution is -2.21. The number of benzene rings is 4. The number of carbonyl (C=O) groups excluding carboxylic acids is 1. The lowest BCUT2D eigenvalue weighted by atomic mass is 9.83. The minimum absolute atomic E-state index is 0.0425. The summed E-state index contributed by atoms with van der Waals surface area (Å²) < 4.78 is 22.9. The molecule has 210 valence electrons. The molecule has 0 fully saturated rings. The fraction of sp³-hybridized carbons (Fsp3) is 0.0909. The molecule has 0 bridgehead atoms. The molecule has 1 aliphatic rings. The van der Waals surface area contributed by atoms with Crippen molar-refractivity contribution in [2.75, 3.05) is 7.11 Å². The number of methoxy groups -OCH3 is 1. The molecule has 1 atom stereocenters. The van der Waals surface area contributed by atoms with Crippen molar-refractivity contribution in [2.45, 2.75) is 12.5 Å². The van der Waals surface area contributed by atoms with Crippen molar-refractivity contribution in [2.24, 2.45) is 5.73 Å². The Morgan fingerprint density at radius 1 is 1.02 bits per heavy atom. The highest BCUT2D eigenvalue weighted by Gasteiger charge is 2.31. The number of fused-ring (bicyclic) bond motifs is 1. The van der Waals surface area contributed by atoms with Gasteiger partial charge in [-0.15, -0.1) is 0 Å². The van der Waals surface area contributed by atoms with Crippen LogP contribution in [-0.2, 0) is 11.4 Å². The zero-order valence-corrected chi connectivity index (χ0v) is 23.9. The largest absolute Gasteiger partial charge is 0.493 e. The fourth-order valence-electron chi connectivity index (χ4n) is 4.51. The number of esters is 1. The number of nitrogens with two attached hydrogens (primary N) is 1. The molecule has 42 heavy (non-hydrogen) atoms. The van der Waals surface area contributed by atoms with Crippen LogP contribution in [0.15, 0.2) is 102 Å². The molecule has 0 saturated carbocycles. The van der Waals surface area contributed by atoms with Crippen LogP contribution in [0.2, 0.25) is 10.0 Å². The van der Waals surface area contributed by atoms with Gasteiger partial charge >= 0.3 is 5.97 Å². The SMILES string of the molecule is COc1cc(C2C(C#N)=C(N)Oc3cc(OC(=O)/C=C/c4ccc(Cl)cc4Cl)ccc32)ccc1OCc1ccccc1. The lowest BCUT2D eigenvalue weighted by Gasteiger charge is -2.27. The Bertz CT molecular complexity index is 1750. The van der Waals surface area contributed by atoms with Gasteiger partial charge in [-0.2, -0.15) is 5.26 Å². The van der Waals surface area contributed by atoms with Gasteiger partial charge in [0, 0.05) is 27.8 Å². The van der Waals surface area contributed by atoms with E-state index in [0.29, 0.717) is 45.0 Å². The first-order valence-corrected chi connectivity index (χ1v) is 13.5. The molecule has 0 amide bonds. The van der Waals surface area contributed by atoms with Crippen LogP contribution in [0.25, 0.3) is 6.08 Å². The maximum Gasteiger partial charge on any atom is 0.336 e. The Labute approximate surface area is 252 Å². The normalized spacial score (nSPS) is 14.1. The summed E-state index contributed by atoms with van der Waals surface area (Å²) in [6, 6.07) is 27.3. The number of nitriles is 1. The van der Waals surface area contributed by atoms with Gasteiger partial charge in [0.1, 0.15) is 29.7 Å². The average Bonchev–Trinajstić information content (AvgIpc) is 2.99. The number of hydrogen-bond acceptors (Lipinski definition) is 7. The molecule has 1 heterocycles. The number of nitrogens with zero attached hydrogens (tertiary/aromatic N) is 1. The van der Waals surface area contributed by atoms with Gasteiger partial charge in [-0.25, -0.2) is 4.79 Å². The van der Waals surface area contributed by atoms with Crippen molar-refractivity contribution in [3.63, 3.8) is 0 Å². The standard InChI is InChI=1S/C33H24Cl2N2O5/c1-39-30-15-22(8-13-28(30)40-19-20-5-3-2-4-6-20)32-25-12-11-24(17-29(25)42-33(37)26(32)18-36)41-31(38)14-9-21-7-10-23(34)16-27(21)35/h2-17,32H,19,37H2,1H3/b14-9+. The summed E-state index contributed by atoms with van der Waals surface area (Å²) in [6.07, 6.45) is 2.79. The minimum Gasteiger partial charge on any atom is -0.493 e. The summed E-state index contributed by atoms with van der Waals surface area (Å²) in [4.78, 5) is 12.5. The van der Waals surface area contributed by atoms with Crippen molar-refractivity contribution in [1.82, 2.24) is 0 Å². The molecule has 0 radical (unpaired) electrons. The third-order valence-electron chi connectivity index (χ3n) is 6.53. The number of halogens is 2. The maximum atomic E-state index is 12.5. The molecule has 0 aliphatic carbocycles. The van der Waals surface area contributed by atoms with Crippen LogP contribution in [0.5, 0.6) is 23.0 Å². The van der Waals surface area contributed by atoms with Crippen LogP contribution in [0.1, 0.15) is 28.2 Å². The number of allylic oxidation sites excluding steroid dienone is 1. The Hall–Kier alpha value is -4.90. The second-order valence-electron chi connectivity index (χ2n) is 9.23. The number of carbonyl (C=O) groups is 1. The Morgan fingerprint density at radius 2 is 1.83 bits per heavy atom. The molecule has 2 N–H and O–H groups in total. The molecular weight excluding hydrogens is 575 g/mol. The van der Waals surface area contributed by atoms with Crippen LogP contribution < -0.4 is 24.7 Å². The molecule has 4 aromatic carbocycles. The van der Waals surface area contributed by atoms with Crippen LogP contribution in [0.3, 0.4) is 0 Å². The second kappa shape index (κ2) is 12.7. The summed E-state index contributed by atoms with van der Waals surface area (Å²) in [5.41, 5.74) is 9.47. The minimum atomic E-state index is -0.620. The van der Waals surface area contributed by atoms with E-state index < -0.39 is 11.9 Å².